The third-order valence-corrected chi connectivity index (χ3v) is 5.01. The van der Waals surface area contributed by atoms with Crippen LogP contribution in [0.1, 0.15) is 31.2 Å². The Morgan fingerprint density at radius 2 is 1.93 bits per heavy atom. The number of halogens is 2. The van der Waals surface area contributed by atoms with Crippen molar-refractivity contribution >= 4 is 5.91 Å². The Morgan fingerprint density at radius 1 is 1.22 bits per heavy atom. The number of piperidine rings is 1. The molecular weight excluding hydrogens is 352 g/mol. The summed E-state index contributed by atoms with van der Waals surface area (Å²) < 4.78 is 33.8. The number of carbonyl (C=O) groups is 1. The van der Waals surface area contributed by atoms with Gasteiger partial charge in [-0.2, -0.15) is 5.10 Å². The summed E-state index contributed by atoms with van der Waals surface area (Å²) in [5, 5.41) is 4.51. The van der Waals surface area contributed by atoms with Gasteiger partial charge in [-0.1, -0.05) is 0 Å². The number of carbonyl (C=O) groups excluding carboxylic acids is 1. The number of nitrogens with zero attached hydrogens (tertiary/aromatic N) is 3. The summed E-state index contributed by atoms with van der Waals surface area (Å²) in [7, 11) is 0. The fraction of sp³-hybridized carbons (Fsp3) is 0.500. The van der Waals surface area contributed by atoms with E-state index in [1.54, 1.807) is 11.8 Å². The van der Waals surface area contributed by atoms with Gasteiger partial charge in [0, 0.05) is 31.4 Å². The molecule has 0 bridgehead atoms. The summed E-state index contributed by atoms with van der Waals surface area (Å²) in [5.41, 5.74) is 2.17. The van der Waals surface area contributed by atoms with Crippen molar-refractivity contribution in [3.8, 4) is 5.75 Å². The zero-order valence-corrected chi connectivity index (χ0v) is 15.9. The highest BCUT2D eigenvalue weighted by molar-refractivity contribution is 5.81. The number of rotatable bonds is 5. The number of hydrogen-bond acceptors (Lipinski definition) is 3. The molecule has 0 aliphatic carbocycles. The van der Waals surface area contributed by atoms with Crippen LogP contribution in [0.15, 0.2) is 24.3 Å². The number of aryl methyl sites for hydroxylation is 2. The van der Waals surface area contributed by atoms with Crippen molar-refractivity contribution in [2.45, 2.75) is 46.3 Å². The molecule has 1 fully saturated rings. The van der Waals surface area contributed by atoms with Crippen LogP contribution in [-0.4, -0.2) is 39.8 Å². The highest BCUT2D eigenvalue weighted by atomic mass is 19.2. The molecule has 0 saturated carbocycles. The van der Waals surface area contributed by atoms with E-state index in [2.05, 4.69) is 18.1 Å². The molecule has 0 radical (unpaired) electrons. The highest BCUT2D eigenvalue weighted by Crippen LogP contribution is 2.22. The van der Waals surface area contributed by atoms with Crippen molar-refractivity contribution < 1.29 is 18.3 Å². The zero-order chi connectivity index (χ0) is 19.6. The maximum absolute atomic E-state index is 13.3. The number of hydrogen-bond donors (Lipinski definition) is 0. The van der Waals surface area contributed by atoms with Crippen molar-refractivity contribution in [1.29, 1.82) is 0 Å². The van der Waals surface area contributed by atoms with Crippen LogP contribution < -0.4 is 4.74 Å². The quantitative estimate of drug-likeness (QED) is 0.801. The van der Waals surface area contributed by atoms with Gasteiger partial charge in [0.2, 0.25) is 0 Å². The first-order valence-electron chi connectivity index (χ1n) is 9.25. The molecule has 0 unspecified atom stereocenters. The average Bonchev–Trinajstić information content (AvgIpc) is 2.95. The standard InChI is InChI=1S/C20H25F2N3O2/c1-13-10-14(2)25(23-13)12-16-6-8-24(9-7-16)20(26)15(3)27-17-4-5-18(21)19(22)11-17/h4-5,10-11,15-16H,6-9,12H2,1-3H3/t15-/m0/s1. The monoisotopic (exact) mass is 377 g/mol. The minimum atomic E-state index is -0.989. The molecule has 2 aromatic rings. The predicted octanol–water partition coefficient (Wildman–Crippen LogP) is 3.48. The SMILES string of the molecule is Cc1cc(C)n(CC2CCN(C(=O)[C@H](C)Oc3ccc(F)c(F)c3)CC2)n1. The molecule has 27 heavy (non-hydrogen) atoms. The molecule has 1 amide bonds. The number of benzene rings is 1. The Labute approximate surface area is 157 Å². The number of likely N-dealkylation sites (tertiary alicyclic amines) is 1. The van der Waals surface area contributed by atoms with Crippen molar-refractivity contribution in [2.75, 3.05) is 13.1 Å². The Bertz CT molecular complexity index is 814. The molecular formula is C20H25F2N3O2. The second kappa shape index (κ2) is 8.06. The van der Waals surface area contributed by atoms with E-state index >= 15 is 0 Å². The van der Waals surface area contributed by atoms with Crippen LogP contribution in [0.3, 0.4) is 0 Å². The van der Waals surface area contributed by atoms with Gasteiger partial charge in [-0.25, -0.2) is 8.78 Å². The average molecular weight is 377 g/mol. The molecule has 1 aliphatic rings. The van der Waals surface area contributed by atoms with Crippen molar-refractivity contribution in [1.82, 2.24) is 14.7 Å². The van der Waals surface area contributed by atoms with Gasteiger partial charge in [-0.05, 0) is 57.7 Å². The van der Waals surface area contributed by atoms with Crippen LogP contribution in [-0.2, 0) is 11.3 Å². The fourth-order valence-corrected chi connectivity index (χ4v) is 3.50. The van der Waals surface area contributed by atoms with E-state index in [0.29, 0.717) is 19.0 Å². The Kier molecular flexibility index (Phi) is 5.77. The van der Waals surface area contributed by atoms with E-state index in [0.717, 1.165) is 42.9 Å². The van der Waals surface area contributed by atoms with Crippen LogP contribution >= 0.6 is 0 Å². The smallest absolute Gasteiger partial charge is 0.263 e. The topological polar surface area (TPSA) is 47.4 Å². The lowest BCUT2D eigenvalue weighted by Crippen LogP contribution is -2.45. The van der Waals surface area contributed by atoms with E-state index in [9.17, 15) is 13.6 Å². The van der Waals surface area contributed by atoms with Crippen LogP contribution in [0.4, 0.5) is 8.78 Å². The van der Waals surface area contributed by atoms with E-state index in [1.165, 1.54) is 6.07 Å². The first kappa shape index (κ1) is 19.3. The molecule has 3 rings (SSSR count). The molecule has 0 N–H and O–H groups in total. The lowest BCUT2D eigenvalue weighted by molar-refractivity contribution is -0.139. The minimum Gasteiger partial charge on any atom is -0.481 e. The molecule has 0 spiro atoms. The Morgan fingerprint density at radius 3 is 2.52 bits per heavy atom. The van der Waals surface area contributed by atoms with Gasteiger partial charge in [0.1, 0.15) is 5.75 Å². The largest absolute Gasteiger partial charge is 0.481 e. The number of amides is 1. The maximum atomic E-state index is 13.3. The molecule has 1 atom stereocenters. The summed E-state index contributed by atoms with van der Waals surface area (Å²) in [4.78, 5) is 14.4. The minimum absolute atomic E-state index is 0.135. The van der Waals surface area contributed by atoms with E-state index < -0.39 is 17.7 Å². The molecule has 146 valence electrons. The van der Waals surface area contributed by atoms with Gasteiger partial charge >= 0.3 is 0 Å². The maximum Gasteiger partial charge on any atom is 0.263 e. The van der Waals surface area contributed by atoms with Gasteiger partial charge in [-0.15, -0.1) is 0 Å². The lowest BCUT2D eigenvalue weighted by atomic mass is 9.96. The van der Waals surface area contributed by atoms with Crippen molar-refractivity contribution in [3.63, 3.8) is 0 Å². The van der Waals surface area contributed by atoms with Gasteiger partial charge in [0.25, 0.3) is 5.91 Å². The summed E-state index contributed by atoms with van der Waals surface area (Å²) in [6.07, 6.45) is 1.06. The van der Waals surface area contributed by atoms with Gasteiger partial charge in [-0.3, -0.25) is 9.48 Å². The molecule has 1 aliphatic heterocycles. The predicted molar refractivity (Wildman–Crippen MR) is 97.5 cm³/mol. The molecule has 1 saturated heterocycles. The van der Waals surface area contributed by atoms with E-state index in [4.69, 9.17) is 4.74 Å². The van der Waals surface area contributed by atoms with Gasteiger partial charge in [0.15, 0.2) is 17.7 Å². The lowest BCUT2D eigenvalue weighted by Gasteiger charge is -2.33. The summed E-state index contributed by atoms with van der Waals surface area (Å²) in [5.74, 6) is -1.43. The Balaban J connectivity index is 1.51. The normalized spacial score (nSPS) is 16.4. The fourth-order valence-electron chi connectivity index (χ4n) is 3.50. The number of ether oxygens (including phenoxy) is 1. The molecule has 7 heteroatoms. The van der Waals surface area contributed by atoms with Gasteiger partial charge < -0.3 is 9.64 Å². The second-order valence-corrected chi connectivity index (χ2v) is 7.21. The van der Waals surface area contributed by atoms with Crippen LogP contribution in [0, 0.1) is 31.4 Å². The second-order valence-electron chi connectivity index (χ2n) is 7.21. The van der Waals surface area contributed by atoms with Crippen LogP contribution in [0.2, 0.25) is 0 Å². The first-order chi connectivity index (χ1) is 12.8. The zero-order valence-electron chi connectivity index (χ0n) is 15.9. The summed E-state index contributed by atoms with van der Waals surface area (Å²) in [6.45, 7) is 7.85. The molecule has 1 aromatic carbocycles. The van der Waals surface area contributed by atoms with Crippen LogP contribution in [0.25, 0.3) is 0 Å². The molecule has 2 heterocycles. The summed E-state index contributed by atoms with van der Waals surface area (Å²) in [6, 6.07) is 5.34. The Hall–Kier alpha value is -2.44. The third kappa shape index (κ3) is 4.64. The third-order valence-electron chi connectivity index (χ3n) is 5.01. The highest BCUT2D eigenvalue weighted by Gasteiger charge is 2.27. The van der Waals surface area contributed by atoms with E-state index in [-0.39, 0.29) is 11.7 Å². The summed E-state index contributed by atoms with van der Waals surface area (Å²) >= 11 is 0. The molecule has 5 nitrogen and oxygen atoms in total. The van der Waals surface area contributed by atoms with E-state index in [1.807, 2.05) is 11.6 Å². The first-order valence-corrected chi connectivity index (χ1v) is 9.25. The van der Waals surface area contributed by atoms with Gasteiger partial charge in [0.05, 0.1) is 5.69 Å². The molecule has 1 aromatic heterocycles. The number of aromatic nitrogens is 2. The van der Waals surface area contributed by atoms with Crippen molar-refractivity contribution in [2.24, 2.45) is 5.92 Å². The van der Waals surface area contributed by atoms with Crippen LogP contribution in [0.5, 0.6) is 5.75 Å². The van der Waals surface area contributed by atoms with Crippen molar-refractivity contribution in [3.05, 3.63) is 47.3 Å².